The van der Waals surface area contributed by atoms with E-state index in [0.29, 0.717) is 0 Å². The molecular formula is C12H10O2. The van der Waals surface area contributed by atoms with Crippen molar-refractivity contribution < 1.29 is 9.90 Å². The molecule has 0 radical (unpaired) electrons. The van der Waals surface area contributed by atoms with Crippen molar-refractivity contribution >= 4 is 5.97 Å². The molecule has 0 aromatic carbocycles. The standard InChI is InChI=1S/C12H10O2/c13-12(14)8-9-3-1-4-10-5-2-6-11(10)7-9/h1-7H,8H2,(H,13,14). The largest absolute Gasteiger partial charge is 0.481 e. The van der Waals surface area contributed by atoms with Crippen LogP contribution in [0, 0.1) is 0 Å². The SMILES string of the molecule is O=C(O)Cc1cccc2cccc-2c1. The van der Waals surface area contributed by atoms with Crippen molar-refractivity contribution in [3.63, 3.8) is 0 Å². The maximum absolute atomic E-state index is 10.5. The second-order valence-corrected chi connectivity index (χ2v) is 3.25. The molecule has 2 heteroatoms. The number of rotatable bonds is 2. The lowest BCUT2D eigenvalue weighted by molar-refractivity contribution is -0.136. The first-order valence-electron chi connectivity index (χ1n) is 4.45. The van der Waals surface area contributed by atoms with Crippen molar-refractivity contribution in [1.29, 1.82) is 0 Å². The van der Waals surface area contributed by atoms with Crippen LogP contribution in [-0.2, 0) is 11.2 Å². The van der Waals surface area contributed by atoms with Crippen LogP contribution in [0.15, 0.2) is 42.5 Å². The molecule has 0 saturated carbocycles. The third kappa shape index (κ3) is 1.74. The lowest BCUT2D eigenvalue weighted by Crippen LogP contribution is -1.98. The summed E-state index contributed by atoms with van der Waals surface area (Å²) in [5.74, 6) is -0.795. The number of fused-ring (bicyclic) bond motifs is 1. The van der Waals surface area contributed by atoms with E-state index in [2.05, 4.69) is 0 Å². The van der Waals surface area contributed by atoms with Gasteiger partial charge < -0.3 is 5.11 Å². The molecule has 70 valence electrons. The van der Waals surface area contributed by atoms with Gasteiger partial charge in [-0.05, 0) is 16.7 Å². The lowest BCUT2D eigenvalue weighted by atomic mass is 10.1. The minimum atomic E-state index is -0.795. The molecule has 0 heterocycles. The van der Waals surface area contributed by atoms with Crippen molar-refractivity contribution in [2.75, 3.05) is 0 Å². The Balaban J connectivity index is 2.43. The molecule has 0 unspecified atom stereocenters. The maximum Gasteiger partial charge on any atom is 0.307 e. The summed E-state index contributed by atoms with van der Waals surface area (Å²) < 4.78 is 0. The van der Waals surface area contributed by atoms with Gasteiger partial charge in [0.15, 0.2) is 0 Å². The first-order chi connectivity index (χ1) is 6.75. The first-order valence-corrected chi connectivity index (χ1v) is 4.45. The van der Waals surface area contributed by atoms with Crippen molar-refractivity contribution in [3.05, 3.63) is 48.0 Å². The van der Waals surface area contributed by atoms with Gasteiger partial charge in [-0.25, -0.2) is 0 Å². The first kappa shape index (κ1) is 8.75. The minimum Gasteiger partial charge on any atom is -0.481 e. The highest BCUT2D eigenvalue weighted by atomic mass is 16.4. The average molecular weight is 186 g/mol. The highest BCUT2D eigenvalue weighted by molar-refractivity contribution is 5.72. The van der Waals surface area contributed by atoms with Crippen LogP contribution in [0.5, 0.6) is 0 Å². The van der Waals surface area contributed by atoms with Crippen LogP contribution >= 0.6 is 0 Å². The number of aliphatic carboxylic acids is 1. The average Bonchev–Trinajstić information content (AvgIpc) is 2.44. The molecule has 0 aromatic heterocycles. The lowest BCUT2D eigenvalue weighted by Gasteiger charge is -1.93. The summed E-state index contributed by atoms with van der Waals surface area (Å²) in [6.45, 7) is 0. The fourth-order valence-electron chi connectivity index (χ4n) is 1.54. The Kier molecular flexibility index (Phi) is 2.19. The van der Waals surface area contributed by atoms with E-state index in [9.17, 15) is 4.79 Å². The highest BCUT2D eigenvalue weighted by Crippen LogP contribution is 2.22. The number of carboxylic acids is 1. The second-order valence-electron chi connectivity index (χ2n) is 3.25. The van der Waals surface area contributed by atoms with E-state index in [1.165, 1.54) is 0 Å². The number of hydrogen-bond donors (Lipinski definition) is 1. The molecule has 0 bridgehead atoms. The molecule has 0 saturated heterocycles. The second kappa shape index (κ2) is 3.50. The van der Waals surface area contributed by atoms with E-state index >= 15 is 0 Å². The molecule has 0 atom stereocenters. The smallest absolute Gasteiger partial charge is 0.307 e. The fourth-order valence-corrected chi connectivity index (χ4v) is 1.54. The van der Waals surface area contributed by atoms with Crippen molar-refractivity contribution in [1.82, 2.24) is 0 Å². The molecule has 0 aliphatic heterocycles. The molecule has 0 spiro atoms. The zero-order valence-electron chi connectivity index (χ0n) is 7.60. The fraction of sp³-hybridized carbons (Fsp3) is 0.0833. The summed E-state index contributed by atoms with van der Waals surface area (Å²) in [7, 11) is 0. The zero-order chi connectivity index (χ0) is 9.97. The third-order valence-corrected chi connectivity index (χ3v) is 2.17. The predicted octanol–water partition coefficient (Wildman–Crippen LogP) is 2.42. The molecule has 0 fully saturated rings. The Bertz CT molecular complexity index is 434. The van der Waals surface area contributed by atoms with Gasteiger partial charge in [-0.1, -0.05) is 42.5 Å². The number of hydrogen-bond acceptors (Lipinski definition) is 1. The van der Waals surface area contributed by atoms with Gasteiger partial charge in [-0.3, -0.25) is 4.79 Å². The quantitative estimate of drug-likeness (QED) is 0.782. The van der Waals surface area contributed by atoms with E-state index in [1.54, 1.807) is 0 Å². The topological polar surface area (TPSA) is 37.3 Å². The summed E-state index contributed by atoms with van der Waals surface area (Å²) in [6, 6.07) is 13.6. The molecule has 2 aliphatic rings. The summed E-state index contributed by atoms with van der Waals surface area (Å²) in [6.07, 6.45) is 0.0783. The van der Waals surface area contributed by atoms with Gasteiger partial charge in [0.2, 0.25) is 0 Å². The zero-order valence-corrected chi connectivity index (χ0v) is 7.60. The Hall–Kier alpha value is -1.83. The molecule has 0 amide bonds. The Morgan fingerprint density at radius 3 is 2.43 bits per heavy atom. The number of carboxylic acid groups (broad SMARTS) is 1. The summed E-state index contributed by atoms with van der Waals surface area (Å²) in [5, 5.41) is 8.67. The van der Waals surface area contributed by atoms with Gasteiger partial charge in [0.05, 0.1) is 6.42 Å². The van der Waals surface area contributed by atoms with E-state index in [4.69, 9.17) is 5.11 Å². The summed E-state index contributed by atoms with van der Waals surface area (Å²) >= 11 is 0. The Morgan fingerprint density at radius 1 is 1.07 bits per heavy atom. The van der Waals surface area contributed by atoms with Crippen LogP contribution in [0.2, 0.25) is 0 Å². The Labute approximate surface area is 82.2 Å². The molecule has 2 nitrogen and oxygen atoms in total. The molecule has 14 heavy (non-hydrogen) atoms. The van der Waals surface area contributed by atoms with E-state index in [0.717, 1.165) is 16.7 Å². The van der Waals surface area contributed by atoms with Crippen LogP contribution in [0.4, 0.5) is 0 Å². The normalized spacial score (nSPS) is 10.3. The van der Waals surface area contributed by atoms with Gasteiger partial charge in [-0.2, -0.15) is 0 Å². The number of carbonyl (C=O) groups is 1. The molecule has 2 aliphatic carbocycles. The highest BCUT2D eigenvalue weighted by Gasteiger charge is 2.03. The van der Waals surface area contributed by atoms with Crippen LogP contribution in [-0.4, -0.2) is 11.1 Å². The predicted molar refractivity (Wildman–Crippen MR) is 54.4 cm³/mol. The van der Waals surface area contributed by atoms with E-state index in [1.807, 2.05) is 42.5 Å². The summed E-state index contributed by atoms with van der Waals surface area (Å²) in [4.78, 5) is 10.5. The molecule has 1 N–H and O–H groups in total. The van der Waals surface area contributed by atoms with Gasteiger partial charge in [-0.15, -0.1) is 0 Å². The van der Waals surface area contributed by atoms with Gasteiger partial charge >= 0.3 is 5.97 Å². The van der Waals surface area contributed by atoms with Crippen molar-refractivity contribution in [2.24, 2.45) is 0 Å². The van der Waals surface area contributed by atoms with Crippen LogP contribution < -0.4 is 0 Å². The van der Waals surface area contributed by atoms with Crippen molar-refractivity contribution in [3.8, 4) is 11.1 Å². The monoisotopic (exact) mass is 186 g/mol. The van der Waals surface area contributed by atoms with E-state index in [-0.39, 0.29) is 6.42 Å². The van der Waals surface area contributed by atoms with Gasteiger partial charge in [0, 0.05) is 0 Å². The molecule has 2 rings (SSSR count). The van der Waals surface area contributed by atoms with Crippen LogP contribution in [0.25, 0.3) is 11.1 Å². The Morgan fingerprint density at radius 2 is 1.71 bits per heavy atom. The third-order valence-electron chi connectivity index (χ3n) is 2.17. The molecular weight excluding hydrogens is 176 g/mol. The molecule has 0 aromatic rings. The maximum atomic E-state index is 10.5. The van der Waals surface area contributed by atoms with E-state index < -0.39 is 5.97 Å². The summed E-state index contributed by atoms with van der Waals surface area (Å²) in [5.41, 5.74) is 3.06. The van der Waals surface area contributed by atoms with Crippen LogP contribution in [0.3, 0.4) is 0 Å². The minimum absolute atomic E-state index is 0.0783. The van der Waals surface area contributed by atoms with Gasteiger partial charge in [0.1, 0.15) is 0 Å². The van der Waals surface area contributed by atoms with Gasteiger partial charge in [0.25, 0.3) is 0 Å². The van der Waals surface area contributed by atoms with Crippen molar-refractivity contribution in [2.45, 2.75) is 6.42 Å². The van der Waals surface area contributed by atoms with Crippen LogP contribution in [0.1, 0.15) is 5.56 Å².